The third-order valence-electron chi connectivity index (χ3n) is 5.54. The molecule has 1 aliphatic carbocycles. The van der Waals surface area contributed by atoms with E-state index in [9.17, 15) is 14.0 Å². The Labute approximate surface area is 146 Å². The lowest BCUT2D eigenvalue weighted by Gasteiger charge is -2.26. The summed E-state index contributed by atoms with van der Waals surface area (Å²) in [6, 6.07) is 10.3. The lowest BCUT2D eigenvalue weighted by Crippen LogP contribution is -2.68. The summed E-state index contributed by atoms with van der Waals surface area (Å²) in [6.45, 7) is 4.78. The molecule has 1 aliphatic heterocycles. The zero-order valence-electron chi connectivity index (χ0n) is 14.4. The topological polar surface area (TPSA) is 50.8 Å². The Hall–Kier alpha value is -2.33. The molecule has 0 unspecified atom stereocenters. The summed E-state index contributed by atoms with van der Waals surface area (Å²) < 4.78 is 13.1. The molecule has 4 heteroatoms. The summed E-state index contributed by atoms with van der Waals surface area (Å²) in [7, 11) is 0. The minimum Gasteiger partial charge on any atom is -0.331 e. The normalized spacial score (nSPS) is 25.5. The molecule has 1 saturated carbocycles. The number of hydrogen-bond donors (Lipinski definition) is 1. The Morgan fingerprint density at radius 3 is 1.96 bits per heavy atom. The van der Waals surface area contributed by atoms with Gasteiger partial charge in [-0.05, 0) is 53.8 Å². The first-order valence-corrected chi connectivity index (χ1v) is 8.65. The molecule has 1 spiro atoms. The van der Waals surface area contributed by atoms with Crippen LogP contribution >= 0.6 is 0 Å². The van der Waals surface area contributed by atoms with Gasteiger partial charge in [-0.15, -0.1) is 0 Å². The van der Waals surface area contributed by atoms with Crippen molar-refractivity contribution >= 4 is 11.6 Å². The zero-order valence-corrected chi connectivity index (χ0v) is 14.4. The molecule has 0 amide bonds. The van der Waals surface area contributed by atoms with Crippen LogP contribution in [0.25, 0.3) is 11.1 Å². The van der Waals surface area contributed by atoms with E-state index in [1.165, 1.54) is 12.1 Å². The van der Waals surface area contributed by atoms with Crippen LogP contribution in [-0.2, 0) is 9.59 Å². The first-order valence-electron chi connectivity index (χ1n) is 8.65. The Kier molecular flexibility index (Phi) is 3.62. The van der Waals surface area contributed by atoms with Crippen LogP contribution in [-0.4, -0.2) is 23.7 Å². The Morgan fingerprint density at radius 2 is 1.48 bits per heavy atom. The SMILES string of the molecule is Cc1cc(-c2ccc(F)cc2)cc(C)c1C1C(=O)CC2(C[NH2+]2)CC1=O. The second-order valence-electron chi connectivity index (χ2n) is 7.52. The fourth-order valence-corrected chi connectivity index (χ4v) is 4.13. The van der Waals surface area contributed by atoms with Crippen LogP contribution in [0.15, 0.2) is 36.4 Å². The summed E-state index contributed by atoms with van der Waals surface area (Å²) in [5.74, 6) is -0.795. The number of Topliss-reactive ketones (excluding diaryl/α,β-unsaturated/α-hetero) is 2. The van der Waals surface area contributed by atoms with E-state index in [0.717, 1.165) is 34.4 Å². The van der Waals surface area contributed by atoms with E-state index >= 15 is 0 Å². The van der Waals surface area contributed by atoms with E-state index in [2.05, 4.69) is 5.32 Å². The number of benzene rings is 2. The van der Waals surface area contributed by atoms with E-state index in [-0.39, 0.29) is 22.9 Å². The molecule has 0 bridgehead atoms. The standard InChI is InChI=1S/C21H20FNO2/c1-12-7-15(14-3-5-16(22)6-4-14)8-13(2)19(12)20-17(24)9-21(11-23-21)10-18(20)25/h3-8,20,23H,9-11H2,1-2H3/p+1. The number of carbonyl (C=O) groups is 2. The second-order valence-corrected chi connectivity index (χ2v) is 7.52. The minimum atomic E-state index is -0.623. The summed E-state index contributed by atoms with van der Waals surface area (Å²) in [5, 5.41) is 2.09. The maximum Gasteiger partial charge on any atom is 0.159 e. The van der Waals surface area contributed by atoms with Crippen molar-refractivity contribution in [2.24, 2.45) is 0 Å². The van der Waals surface area contributed by atoms with Gasteiger partial charge in [0, 0.05) is 0 Å². The Morgan fingerprint density at radius 1 is 0.960 bits per heavy atom. The van der Waals surface area contributed by atoms with Crippen LogP contribution in [0.2, 0.25) is 0 Å². The number of aryl methyl sites for hydroxylation is 2. The molecule has 0 radical (unpaired) electrons. The number of ketones is 2. The van der Waals surface area contributed by atoms with Crippen molar-refractivity contribution in [3.05, 3.63) is 58.9 Å². The average molecular weight is 338 g/mol. The molecule has 0 aromatic heterocycles. The lowest BCUT2D eigenvalue weighted by atomic mass is 9.73. The maximum absolute atomic E-state index is 13.1. The van der Waals surface area contributed by atoms with Gasteiger partial charge in [-0.2, -0.15) is 0 Å². The van der Waals surface area contributed by atoms with E-state index in [1.54, 1.807) is 12.1 Å². The van der Waals surface area contributed by atoms with E-state index in [0.29, 0.717) is 12.8 Å². The lowest BCUT2D eigenvalue weighted by molar-refractivity contribution is -0.522. The number of rotatable bonds is 2. The average Bonchev–Trinajstić information content (AvgIpc) is 3.28. The predicted molar refractivity (Wildman–Crippen MR) is 92.8 cm³/mol. The van der Waals surface area contributed by atoms with Gasteiger partial charge in [-0.1, -0.05) is 24.3 Å². The first kappa shape index (κ1) is 16.2. The van der Waals surface area contributed by atoms with Gasteiger partial charge in [0.15, 0.2) is 17.1 Å². The van der Waals surface area contributed by atoms with Gasteiger partial charge >= 0.3 is 0 Å². The van der Waals surface area contributed by atoms with Crippen molar-refractivity contribution in [1.82, 2.24) is 0 Å². The Balaban J connectivity index is 1.72. The third-order valence-corrected chi connectivity index (χ3v) is 5.54. The minimum absolute atomic E-state index is 0.0470. The molecule has 0 atom stereocenters. The summed E-state index contributed by atoms with van der Waals surface area (Å²) in [6.07, 6.45) is 0.976. The molecule has 2 aliphatic rings. The molecule has 2 aromatic carbocycles. The van der Waals surface area contributed by atoms with Crippen molar-refractivity contribution in [3.63, 3.8) is 0 Å². The maximum atomic E-state index is 13.1. The van der Waals surface area contributed by atoms with Crippen molar-refractivity contribution in [3.8, 4) is 11.1 Å². The molecule has 3 nitrogen and oxygen atoms in total. The third kappa shape index (κ3) is 2.81. The quantitative estimate of drug-likeness (QED) is 0.675. The van der Waals surface area contributed by atoms with Gasteiger partial charge in [-0.3, -0.25) is 9.59 Å². The monoisotopic (exact) mass is 338 g/mol. The molecule has 2 fully saturated rings. The van der Waals surface area contributed by atoms with Gasteiger partial charge in [0.1, 0.15) is 18.3 Å². The summed E-state index contributed by atoms with van der Waals surface area (Å²) in [4.78, 5) is 25.4. The molecule has 2 N–H and O–H groups in total. The summed E-state index contributed by atoms with van der Waals surface area (Å²) in [5.41, 5.74) is 4.52. The van der Waals surface area contributed by atoms with Gasteiger partial charge in [-0.25, -0.2) is 4.39 Å². The molecular formula is C21H21FNO2+. The second kappa shape index (κ2) is 5.60. The number of quaternary nitrogens is 1. The molecule has 2 aromatic rings. The highest BCUT2D eigenvalue weighted by Crippen LogP contribution is 2.37. The van der Waals surface area contributed by atoms with Crippen molar-refractivity contribution in [1.29, 1.82) is 0 Å². The molecule has 4 rings (SSSR count). The molecule has 1 saturated heterocycles. The fourth-order valence-electron chi connectivity index (χ4n) is 4.13. The fraction of sp³-hybridized carbons (Fsp3) is 0.333. The van der Waals surface area contributed by atoms with Gasteiger partial charge in [0.25, 0.3) is 0 Å². The number of hydrogen-bond acceptors (Lipinski definition) is 2. The first-order chi connectivity index (χ1) is 11.9. The highest BCUT2D eigenvalue weighted by molar-refractivity contribution is 6.11. The molecule has 128 valence electrons. The van der Waals surface area contributed by atoms with Gasteiger partial charge < -0.3 is 5.32 Å². The van der Waals surface area contributed by atoms with Crippen molar-refractivity contribution in [2.75, 3.05) is 6.54 Å². The van der Waals surface area contributed by atoms with Crippen LogP contribution in [0.3, 0.4) is 0 Å². The van der Waals surface area contributed by atoms with Crippen molar-refractivity contribution in [2.45, 2.75) is 38.1 Å². The van der Waals surface area contributed by atoms with Crippen LogP contribution in [0.4, 0.5) is 4.39 Å². The number of carbonyl (C=O) groups excluding carboxylic acids is 2. The van der Waals surface area contributed by atoms with E-state index in [1.807, 2.05) is 26.0 Å². The van der Waals surface area contributed by atoms with Gasteiger partial charge in [0.2, 0.25) is 0 Å². The Bertz CT molecular complexity index is 838. The van der Waals surface area contributed by atoms with Gasteiger partial charge in [0.05, 0.1) is 12.8 Å². The van der Waals surface area contributed by atoms with Crippen LogP contribution in [0.1, 0.15) is 35.4 Å². The van der Waals surface area contributed by atoms with Crippen LogP contribution < -0.4 is 5.32 Å². The predicted octanol–water partition coefficient (Wildman–Crippen LogP) is 2.44. The van der Waals surface area contributed by atoms with E-state index < -0.39 is 5.92 Å². The van der Waals surface area contributed by atoms with E-state index in [4.69, 9.17) is 0 Å². The largest absolute Gasteiger partial charge is 0.331 e. The highest BCUT2D eigenvalue weighted by Gasteiger charge is 2.57. The molecule has 1 heterocycles. The molecular weight excluding hydrogens is 317 g/mol. The van der Waals surface area contributed by atoms with Crippen molar-refractivity contribution < 1.29 is 19.3 Å². The number of halogens is 1. The smallest absolute Gasteiger partial charge is 0.159 e. The summed E-state index contributed by atoms with van der Waals surface area (Å²) >= 11 is 0. The highest BCUT2D eigenvalue weighted by atomic mass is 19.1. The zero-order chi connectivity index (χ0) is 17.8. The molecule has 25 heavy (non-hydrogen) atoms. The number of nitrogens with two attached hydrogens (primary N) is 1. The van der Waals surface area contributed by atoms with Crippen LogP contribution in [0, 0.1) is 19.7 Å². The van der Waals surface area contributed by atoms with Crippen LogP contribution in [0.5, 0.6) is 0 Å².